The fourth-order valence-corrected chi connectivity index (χ4v) is 0.440. The third-order valence-corrected chi connectivity index (χ3v) is 0.789. The van der Waals surface area contributed by atoms with Crippen LogP contribution in [-0.2, 0) is 9.78 Å². The van der Waals surface area contributed by atoms with E-state index in [1.807, 2.05) is 0 Å². The molecular weight excluding hydrogens is 162 g/mol. The largest absolute Gasteiger partial charge is 0.335 e. The monoisotopic (exact) mass is 170 g/mol. The van der Waals surface area contributed by atoms with Crippen LogP contribution in [0.25, 0.3) is 0 Å². The minimum Gasteiger partial charge on any atom is -0.237 e. The Kier molecular flexibility index (Phi) is 9.10. The molecule has 0 aromatic carbocycles. The van der Waals surface area contributed by atoms with Crippen molar-refractivity contribution in [3.05, 3.63) is 0 Å². The lowest BCUT2D eigenvalue weighted by Crippen LogP contribution is -2.05. The molecule has 0 saturated carbocycles. The smallest absolute Gasteiger partial charge is 0.237 e. The molecule has 1 fully saturated rings. The van der Waals surface area contributed by atoms with Crippen LogP contribution in [0.4, 0.5) is 0 Å². The van der Waals surface area contributed by atoms with E-state index in [-0.39, 0.29) is 6.11 Å². The number of hydrogen-bond donors (Lipinski definition) is 0. The Labute approximate surface area is 65.4 Å². The van der Waals surface area contributed by atoms with Crippen LogP contribution in [0.2, 0.25) is 0 Å². The Hall–Kier alpha value is 0.565. The summed E-state index contributed by atoms with van der Waals surface area (Å²) in [5, 5.41) is 0. The van der Waals surface area contributed by atoms with E-state index in [4.69, 9.17) is 22.9 Å². The van der Waals surface area contributed by atoms with Gasteiger partial charge < -0.3 is 0 Å². The summed E-state index contributed by atoms with van der Waals surface area (Å²) in [5.74, 6) is 0. The normalized spacial score (nSPS) is 17.6. The topological polar surface area (TPSA) is 18.5 Å². The quantitative estimate of drug-likeness (QED) is 0.405. The molecule has 1 aliphatic rings. The number of halogens is 2. The van der Waals surface area contributed by atoms with Gasteiger partial charge in [0, 0.05) is 0 Å². The maximum absolute atomic E-state index is 4.76. The molecule has 0 amide bonds. The third kappa shape index (κ3) is 8.56. The average molecular weight is 171 g/mol. The van der Waals surface area contributed by atoms with Crippen molar-refractivity contribution >= 4 is 29.0 Å². The van der Waals surface area contributed by atoms with E-state index < -0.39 is 0 Å². The van der Waals surface area contributed by atoms with Crippen LogP contribution in [0.15, 0.2) is 0 Å². The van der Waals surface area contributed by atoms with Gasteiger partial charge in [-0.05, 0) is 12.8 Å². The van der Waals surface area contributed by atoms with Gasteiger partial charge in [-0.2, -0.15) is 22.9 Å². The first kappa shape index (κ1) is 9.56. The zero-order chi connectivity index (χ0) is 6.95. The molecular formula is C4H9BCl2O2. The van der Waals surface area contributed by atoms with Crippen molar-refractivity contribution in [3.8, 4) is 0 Å². The average Bonchev–Trinajstić information content (AvgIpc) is 1.93. The Morgan fingerprint density at radius 2 is 1.33 bits per heavy atom. The first-order valence-corrected chi connectivity index (χ1v) is 3.85. The van der Waals surface area contributed by atoms with E-state index in [0.29, 0.717) is 0 Å². The fraction of sp³-hybridized carbons (Fsp3) is 1.00. The van der Waals surface area contributed by atoms with Gasteiger partial charge >= 0.3 is 6.11 Å². The van der Waals surface area contributed by atoms with Crippen LogP contribution < -0.4 is 0 Å². The fourth-order valence-electron chi connectivity index (χ4n) is 0.440. The molecule has 0 N–H and O–H groups in total. The van der Waals surface area contributed by atoms with Gasteiger partial charge in [0.15, 0.2) is 0 Å². The van der Waals surface area contributed by atoms with Gasteiger partial charge in [0.05, 0.1) is 13.2 Å². The van der Waals surface area contributed by atoms with Crippen molar-refractivity contribution in [2.75, 3.05) is 13.2 Å². The van der Waals surface area contributed by atoms with Crippen molar-refractivity contribution < 1.29 is 9.78 Å². The lowest BCUT2D eigenvalue weighted by Gasteiger charge is -2.07. The van der Waals surface area contributed by atoms with Crippen molar-refractivity contribution in [1.29, 1.82) is 0 Å². The number of rotatable bonds is 0. The van der Waals surface area contributed by atoms with Crippen molar-refractivity contribution in [2.24, 2.45) is 0 Å². The molecule has 1 saturated heterocycles. The van der Waals surface area contributed by atoms with Gasteiger partial charge in [-0.15, -0.1) is 0 Å². The van der Waals surface area contributed by atoms with Crippen molar-refractivity contribution in [1.82, 2.24) is 0 Å². The van der Waals surface area contributed by atoms with Crippen LogP contribution in [0.5, 0.6) is 0 Å². The van der Waals surface area contributed by atoms with Crippen molar-refractivity contribution in [2.45, 2.75) is 12.8 Å². The summed E-state index contributed by atoms with van der Waals surface area (Å²) in [7, 11) is 0. The Balaban J connectivity index is 0.000000187. The zero-order valence-electron chi connectivity index (χ0n) is 5.11. The van der Waals surface area contributed by atoms with Gasteiger partial charge in [0.2, 0.25) is 0 Å². The van der Waals surface area contributed by atoms with Crippen LogP contribution in [-0.4, -0.2) is 19.3 Å². The van der Waals surface area contributed by atoms with Gasteiger partial charge in [0.25, 0.3) is 0 Å². The summed E-state index contributed by atoms with van der Waals surface area (Å²) < 4.78 is 0. The molecule has 0 atom stereocenters. The maximum atomic E-state index is 4.76. The summed E-state index contributed by atoms with van der Waals surface area (Å²) in [6.07, 6.45) is 2.50. The Bertz CT molecular complexity index is 40.3. The molecule has 0 aromatic heterocycles. The number of hydrogen-bond acceptors (Lipinski definition) is 2. The summed E-state index contributed by atoms with van der Waals surface area (Å²) in [5.41, 5.74) is 0. The molecule has 0 aliphatic carbocycles. The second-order valence-electron chi connectivity index (χ2n) is 1.45. The van der Waals surface area contributed by atoms with E-state index in [9.17, 15) is 0 Å². The predicted octanol–water partition coefficient (Wildman–Crippen LogP) is 1.46. The van der Waals surface area contributed by atoms with Crippen LogP contribution in [0.1, 0.15) is 12.8 Å². The van der Waals surface area contributed by atoms with Gasteiger partial charge in [-0.3, -0.25) is 0 Å². The van der Waals surface area contributed by atoms with Gasteiger partial charge in [-0.25, -0.2) is 9.78 Å². The van der Waals surface area contributed by atoms with Gasteiger partial charge in [0.1, 0.15) is 0 Å². The first-order valence-electron chi connectivity index (χ1n) is 2.78. The van der Waals surface area contributed by atoms with E-state index >= 15 is 0 Å². The molecule has 5 heteroatoms. The standard InChI is InChI=1S/C4H8O2.BCl2H/c1-2-4-6-5-3-1;2-1-3/h1-4H2;1H. The second kappa shape index (κ2) is 8.56. The molecule has 54 valence electrons. The van der Waals surface area contributed by atoms with E-state index in [0.717, 1.165) is 26.1 Å². The van der Waals surface area contributed by atoms with Crippen LogP contribution in [0.3, 0.4) is 0 Å². The Morgan fingerprint density at radius 1 is 1.00 bits per heavy atom. The third-order valence-electron chi connectivity index (χ3n) is 0.789. The summed E-state index contributed by atoms with van der Waals surface area (Å²) in [6, 6.07) is 0. The minimum atomic E-state index is 0.194. The summed E-state index contributed by atoms with van der Waals surface area (Å²) in [6.45, 7) is 1.56. The summed E-state index contributed by atoms with van der Waals surface area (Å²) >= 11 is 9.53. The summed E-state index contributed by atoms with van der Waals surface area (Å²) in [4.78, 5) is 9.14. The molecule has 0 unspecified atom stereocenters. The molecule has 1 rings (SSSR count). The van der Waals surface area contributed by atoms with E-state index in [1.54, 1.807) is 0 Å². The predicted molar refractivity (Wildman–Crippen MR) is 40.0 cm³/mol. The minimum absolute atomic E-state index is 0.194. The molecule has 9 heavy (non-hydrogen) atoms. The first-order chi connectivity index (χ1) is 4.41. The molecule has 1 aliphatic heterocycles. The van der Waals surface area contributed by atoms with E-state index in [2.05, 4.69) is 9.78 Å². The Morgan fingerprint density at radius 3 is 1.44 bits per heavy atom. The maximum Gasteiger partial charge on any atom is 0.335 e. The van der Waals surface area contributed by atoms with Gasteiger partial charge in [-0.1, -0.05) is 0 Å². The van der Waals surface area contributed by atoms with Crippen molar-refractivity contribution in [3.63, 3.8) is 0 Å². The lowest BCUT2D eigenvalue weighted by molar-refractivity contribution is -0.312. The highest BCUT2D eigenvalue weighted by Crippen LogP contribution is 1.97. The zero-order valence-corrected chi connectivity index (χ0v) is 6.62. The van der Waals surface area contributed by atoms with Crippen LogP contribution in [0, 0.1) is 0 Å². The van der Waals surface area contributed by atoms with Crippen LogP contribution >= 0.6 is 22.9 Å². The molecule has 2 nitrogen and oxygen atoms in total. The molecule has 0 radical (unpaired) electrons. The molecule has 0 spiro atoms. The SMILES string of the molecule is C1CCOOC1.ClBCl. The molecule has 0 aromatic rings. The highest BCUT2D eigenvalue weighted by molar-refractivity contribution is 7.22. The highest BCUT2D eigenvalue weighted by atomic mass is 35.5. The molecule has 1 heterocycles. The molecule has 0 bridgehead atoms. The highest BCUT2D eigenvalue weighted by Gasteiger charge is 1.95. The lowest BCUT2D eigenvalue weighted by atomic mass is 10.3. The van der Waals surface area contributed by atoms with E-state index in [1.165, 1.54) is 0 Å². The second-order valence-corrected chi connectivity index (χ2v) is 2.26.